The number of rotatable bonds is 4. The van der Waals surface area contributed by atoms with Crippen LogP contribution in [0.4, 0.5) is 0 Å². The number of carbonyl (C=O) groups is 2. The number of thiophene rings is 1. The van der Waals surface area contributed by atoms with Gasteiger partial charge in [-0.2, -0.15) is 0 Å². The molecule has 20 heavy (non-hydrogen) atoms. The van der Waals surface area contributed by atoms with Gasteiger partial charge in [-0.1, -0.05) is 0 Å². The molecule has 1 aliphatic carbocycles. The first-order valence-corrected chi connectivity index (χ1v) is 7.80. The van der Waals surface area contributed by atoms with E-state index in [4.69, 9.17) is 0 Å². The molecule has 0 spiro atoms. The Morgan fingerprint density at radius 2 is 2.25 bits per heavy atom. The van der Waals surface area contributed by atoms with Crippen LogP contribution in [0.1, 0.15) is 29.7 Å². The van der Waals surface area contributed by atoms with Gasteiger partial charge in [0.05, 0.1) is 6.54 Å². The topological polar surface area (TPSA) is 69.6 Å². The first-order chi connectivity index (χ1) is 9.61. The third kappa shape index (κ3) is 2.33. The highest BCUT2D eigenvalue weighted by Crippen LogP contribution is 2.32. The van der Waals surface area contributed by atoms with Crippen LogP contribution in [0.15, 0.2) is 11.4 Å². The minimum absolute atomic E-state index is 0.00521. The lowest BCUT2D eigenvalue weighted by Crippen LogP contribution is -2.59. The molecule has 1 aliphatic heterocycles. The summed E-state index contributed by atoms with van der Waals surface area (Å²) in [4.78, 5) is 26.6. The zero-order valence-electron chi connectivity index (χ0n) is 11.2. The monoisotopic (exact) mass is 294 g/mol. The second-order valence-corrected chi connectivity index (χ2v) is 6.53. The molecule has 1 fully saturated rings. The van der Waals surface area contributed by atoms with E-state index in [1.54, 1.807) is 11.3 Å². The van der Waals surface area contributed by atoms with Crippen LogP contribution in [0.5, 0.6) is 0 Å². The predicted octanol–water partition coefficient (Wildman–Crippen LogP) is 1.23. The minimum Gasteiger partial charge on any atom is -0.480 e. The number of amides is 1. The number of fused-ring (bicyclic) bond motifs is 1. The van der Waals surface area contributed by atoms with Crippen molar-refractivity contribution in [2.24, 2.45) is 0 Å². The Kier molecular flexibility index (Phi) is 3.52. The molecule has 1 aromatic heterocycles. The Bertz CT molecular complexity index is 536. The maximum absolute atomic E-state index is 12.2. The summed E-state index contributed by atoms with van der Waals surface area (Å²) in [5.41, 5.74) is 0.366. The third-order valence-corrected chi connectivity index (χ3v) is 5.38. The molecule has 1 amide bonds. The van der Waals surface area contributed by atoms with E-state index < -0.39 is 11.5 Å². The van der Waals surface area contributed by atoms with Crippen LogP contribution < -0.4 is 5.32 Å². The molecule has 0 radical (unpaired) electrons. The summed E-state index contributed by atoms with van der Waals surface area (Å²) in [6.45, 7) is 1.50. The van der Waals surface area contributed by atoms with Crippen molar-refractivity contribution < 1.29 is 14.7 Å². The molecule has 108 valence electrons. The van der Waals surface area contributed by atoms with E-state index in [1.807, 2.05) is 4.90 Å². The zero-order chi connectivity index (χ0) is 14.2. The van der Waals surface area contributed by atoms with E-state index in [-0.39, 0.29) is 12.5 Å². The maximum atomic E-state index is 12.2. The van der Waals surface area contributed by atoms with E-state index >= 15 is 0 Å². The van der Waals surface area contributed by atoms with Gasteiger partial charge in [-0.3, -0.25) is 14.9 Å². The van der Waals surface area contributed by atoms with Crippen molar-refractivity contribution >= 4 is 23.2 Å². The van der Waals surface area contributed by atoms with E-state index in [2.05, 4.69) is 16.8 Å². The number of hydrogen-bond acceptors (Lipinski definition) is 4. The molecular formula is C14H18N2O3S. The van der Waals surface area contributed by atoms with Gasteiger partial charge in [-0.15, -0.1) is 11.3 Å². The molecule has 0 aromatic carbocycles. The van der Waals surface area contributed by atoms with Crippen molar-refractivity contribution in [3.63, 3.8) is 0 Å². The number of carboxylic acids is 1. The Hall–Kier alpha value is -1.40. The summed E-state index contributed by atoms with van der Waals surface area (Å²) >= 11 is 1.74. The van der Waals surface area contributed by atoms with Crippen LogP contribution in [0.2, 0.25) is 0 Å². The summed E-state index contributed by atoms with van der Waals surface area (Å²) in [5, 5.41) is 14.2. The van der Waals surface area contributed by atoms with Gasteiger partial charge in [0, 0.05) is 18.0 Å². The van der Waals surface area contributed by atoms with Crippen LogP contribution in [0, 0.1) is 0 Å². The van der Waals surface area contributed by atoms with Crippen molar-refractivity contribution in [1.29, 1.82) is 0 Å². The van der Waals surface area contributed by atoms with E-state index in [1.165, 1.54) is 10.4 Å². The molecule has 0 unspecified atom stereocenters. The van der Waals surface area contributed by atoms with Crippen molar-refractivity contribution in [2.75, 3.05) is 13.1 Å². The summed E-state index contributed by atoms with van der Waals surface area (Å²) < 4.78 is 0. The molecule has 1 saturated carbocycles. The first kappa shape index (κ1) is 13.6. The number of hydrogen-bond donors (Lipinski definition) is 2. The van der Waals surface area contributed by atoms with Crippen LogP contribution in [0.25, 0.3) is 0 Å². The van der Waals surface area contributed by atoms with Gasteiger partial charge in [0.15, 0.2) is 0 Å². The maximum Gasteiger partial charge on any atom is 0.323 e. The average Bonchev–Trinajstić information content (AvgIpc) is 2.83. The molecule has 2 aliphatic rings. The van der Waals surface area contributed by atoms with E-state index in [9.17, 15) is 14.7 Å². The summed E-state index contributed by atoms with van der Waals surface area (Å²) in [6, 6.07) is 2.07. The summed E-state index contributed by atoms with van der Waals surface area (Å²) in [6.07, 6.45) is 3.05. The first-order valence-electron chi connectivity index (χ1n) is 6.92. The Morgan fingerprint density at radius 3 is 2.90 bits per heavy atom. The molecule has 2 heterocycles. The number of carboxylic acid groups (broad SMARTS) is 1. The fourth-order valence-electron chi connectivity index (χ4n) is 2.81. The lowest BCUT2D eigenvalue weighted by Gasteiger charge is -2.39. The van der Waals surface area contributed by atoms with Crippen molar-refractivity contribution in [3.05, 3.63) is 21.9 Å². The number of carbonyl (C=O) groups excluding carboxylic acids is 1. The van der Waals surface area contributed by atoms with Gasteiger partial charge in [0.25, 0.3) is 0 Å². The van der Waals surface area contributed by atoms with Gasteiger partial charge < -0.3 is 10.0 Å². The normalized spacial score (nSPS) is 20.1. The lowest BCUT2D eigenvalue weighted by molar-refractivity contribution is -0.149. The fourth-order valence-corrected chi connectivity index (χ4v) is 3.70. The number of aliphatic carboxylic acids is 1. The van der Waals surface area contributed by atoms with Gasteiger partial charge in [0.2, 0.25) is 5.91 Å². The van der Waals surface area contributed by atoms with E-state index in [0.29, 0.717) is 19.4 Å². The van der Waals surface area contributed by atoms with Gasteiger partial charge in [-0.05, 0) is 42.7 Å². The lowest BCUT2D eigenvalue weighted by atomic mass is 9.77. The Labute approximate surface area is 121 Å². The van der Waals surface area contributed by atoms with Crippen molar-refractivity contribution in [3.8, 4) is 0 Å². The second kappa shape index (κ2) is 5.18. The fraction of sp³-hybridized carbons (Fsp3) is 0.571. The Morgan fingerprint density at radius 1 is 1.45 bits per heavy atom. The minimum atomic E-state index is -0.862. The average molecular weight is 294 g/mol. The number of nitrogens with one attached hydrogen (secondary N) is 1. The quantitative estimate of drug-likeness (QED) is 0.876. The molecule has 3 rings (SSSR count). The van der Waals surface area contributed by atoms with Gasteiger partial charge in [-0.25, -0.2) is 0 Å². The molecule has 2 N–H and O–H groups in total. The highest BCUT2D eigenvalue weighted by atomic mass is 32.1. The highest BCUT2D eigenvalue weighted by molar-refractivity contribution is 7.10. The standard InChI is InChI=1S/C14H18N2O3S/c17-12(8-15-14(13(18)19)4-1-5-14)16-6-2-11-10(9-16)3-7-20-11/h3,7,15H,1-2,4-6,8-9H2,(H,18,19). The molecule has 6 heteroatoms. The Balaban J connectivity index is 1.57. The SMILES string of the molecule is O=C(CNC1(C(=O)O)CCC1)N1CCc2sccc2C1. The van der Waals surface area contributed by atoms with Gasteiger partial charge >= 0.3 is 5.97 Å². The van der Waals surface area contributed by atoms with E-state index in [0.717, 1.165) is 19.4 Å². The largest absolute Gasteiger partial charge is 0.480 e. The van der Waals surface area contributed by atoms with Crippen LogP contribution in [-0.2, 0) is 22.6 Å². The van der Waals surface area contributed by atoms with Crippen molar-refractivity contribution in [1.82, 2.24) is 10.2 Å². The molecule has 0 bridgehead atoms. The highest BCUT2D eigenvalue weighted by Gasteiger charge is 2.44. The molecular weight excluding hydrogens is 276 g/mol. The third-order valence-electron chi connectivity index (χ3n) is 4.35. The predicted molar refractivity (Wildman–Crippen MR) is 75.7 cm³/mol. The van der Waals surface area contributed by atoms with Crippen LogP contribution in [-0.4, -0.2) is 40.5 Å². The number of nitrogens with zero attached hydrogens (tertiary/aromatic N) is 1. The molecule has 1 aromatic rings. The zero-order valence-corrected chi connectivity index (χ0v) is 12.0. The van der Waals surface area contributed by atoms with Crippen LogP contribution >= 0.6 is 11.3 Å². The van der Waals surface area contributed by atoms with Gasteiger partial charge in [0.1, 0.15) is 5.54 Å². The molecule has 5 nitrogen and oxygen atoms in total. The summed E-state index contributed by atoms with van der Waals surface area (Å²) in [7, 11) is 0. The smallest absolute Gasteiger partial charge is 0.323 e. The summed E-state index contributed by atoms with van der Waals surface area (Å²) in [5.74, 6) is -0.843. The van der Waals surface area contributed by atoms with Crippen molar-refractivity contribution in [2.45, 2.75) is 37.8 Å². The molecule has 0 atom stereocenters. The van der Waals surface area contributed by atoms with Crippen LogP contribution in [0.3, 0.4) is 0 Å². The molecule has 0 saturated heterocycles. The second-order valence-electron chi connectivity index (χ2n) is 5.53.